The zero-order valence-electron chi connectivity index (χ0n) is 14.0. The Bertz CT molecular complexity index is 588. The molecule has 0 radical (unpaired) electrons. The molecule has 4 heteroatoms. The van der Waals surface area contributed by atoms with E-state index in [4.69, 9.17) is 4.84 Å². The van der Waals surface area contributed by atoms with Crippen LogP contribution in [-0.2, 0) is 10.3 Å². The third kappa shape index (κ3) is 2.37. The maximum Gasteiger partial charge on any atom is 0.129 e. The van der Waals surface area contributed by atoms with E-state index in [1.165, 1.54) is 6.07 Å². The second-order valence-electron chi connectivity index (χ2n) is 7.91. The van der Waals surface area contributed by atoms with Crippen molar-refractivity contribution in [3.05, 3.63) is 35.4 Å². The first-order chi connectivity index (χ1) is 10.1. The van der Waals surface area contributed by atoms with Crippen LogP contribution in [0.4, 0.5) is 8.78 Å². The molecule has 0 N–H and O–H groups in total. The second kappa shape index (κ2) is 5.00. The second-order valence-corrected chi connectivity index (χ2v) is 7.91. The van der Waals surface area contributed by atoms with Crippen molar-refractivity contribution in [2.24, 2.45) is 11.8 Å². The molecule has 1 aliphatic heterocycles. The highest BCUT2D eigenvalue weighted by molar-refractivity contribution is 5.29. The van der Waals surface area contributed by atoms with Gasteiger partial charge in [0.1, 0.15) is 11.6 Å². The zero-order valence-corrected chi connectivity index (χ0v) is 14.0. The zero-order chi connectivity index (χ0) is 16.3. The summed E-state index contributed by atoms with van der Waals surface area (Å²) in [5.74, 6) is -0.232. The van der Waals surface area contributed by atoms with Gasteiger partial charge in [-0.1, -0.05) is 19.9 Å². The van der Waals surface area contributed by atoms with Crippen molar-refractivity contribution in [2.45, 2.75) is 57.6 Å². The Morgan fingerprint density at radius 3 is 2.50 bits per heavy atom. The highest BCUT2D eigenvalue weighted by atomic mass is 19.1. The van der Waals surface area contributed by atoms with Crippen LogP contribution in [0, 0.1) is 23.5 Å². The number of fused-ring (bicyclic) bond motifs is 1. The van der Waals surface area contributed by atoms with E-state index in [1.54, 1.807) is 6.07 Å². The molecule has 2 nitrogen and oxygen atoms in total. The van der Waals surface area contributed by atoms with Gasteiger partial charge in [-0.05, 0) is 49.7 Å². The fraction of sp³-hybridized carbons (Fsp3) is 0.667. The van der Waals surface area contributed by atoms with Gasteiger partial charge in [-0.15, -0.1) is 0 Å². The predicted molar refractivity (Wildman–Crippen MR) is 82.3 cm³/mol. The SMILES string of the molecule is C[C@H]1C[C@@](C)(c2ccc(F)cc2F)C[C@@H]2[C@@H]1N(C)OC2(C)C. The Hall–Kier alpha value is -1.00. The predicted octanol–water partition coefficient (Wildman–Crippen LogP) is 4.29. The van der Waals surface area contributed by atoms with E-state index in [0.717, 1.165) is 18.9 Å². The molecule has 0 spiro atoms. The molecule has 22 heavy (non-hydrogen) atoms. The summed E-state index contributed by atoms with van der Waals surface area (Å²) in [5, 5.41) is 1.98. The standard InChI is InChI=1S/C18H25F2NO/c1-11-9-18(4,13-7-6-12(19)8-15(13)20)10-14-16(11)21(5)22-17(14,2)3/h6-8,11,14,16H,9-10H2,1-5H3/t11-,14+,16+,18+/m0/s1. The average molecular weight is 309 g/mol. The van der Waals surface area contributed by atoms with Crippen molar-refractivity contribution in [1.29, 1.82) is 0 Å². The van der Waals surface area contributed by atoms with Gasteiger partial charge in [0, 0.05) is 25.1 Å². The van der Waals surface area contributed by atoms with Crippen LogP contribution in [0.15, 0.2) is 18.2 Å². The summed E-state index contributed by atoms with van der Waals surface area (Å²) in [4.78, 5) is 6.02. The molecule has 1 saturated carbocycles. The van der Waals surface area contributed by atoms with Crippen LogP contribution in [0.1, 0.15) is 46.1 Å². The van der Waals surface area contributed by atoms with Gasteiger partial charge in [0.25, 0.3) is 0 Å². The van der Waals surface area contributed by atoms with Crippen molar-refractivity contribution >= 4 is 0 Å². The van der Waals surface area contributed by atoms with Crippen molar-refractivity contribution in [3.8, 4) is 0 Å². The highest BCUT2D eigenvalue weighted by Gasteiger charge is 2.55. The number of hydroxylamine groups is 2. The van der Waals surface area contributed by atoms with Crippen LogP contribution in [0.3, 0.4) is 0 Å². The number of hydrogen-bond acceptors (Lipinski definition) is 2. The molecule has 0 bridgehead atoms. The Kier molecular flexibility index (Phi) is 3.61. The molecule has 1 aromatic rings. The summed E-state index contributed by atoms with van der Waals surface area (Å²) < 4.78 is 27.6. The van der Waals surface area contributed by atoms with Crippen LogP contribution in [0.5, 0.6) is 0 Å². The lowest BCUT2D eigenvalue weighted by atomic mass is 9.59. The lowest BCUT2D eigenvalue weighted by Crippen LogP contribution is -2.48. The first-order valence-corrected chi connectivity index (χ1v) is 8.01. The highest BCUT2D eigenvalue weighted by Crippen LogP contribution is 2.53. The average Bonchev–Trinajstić information content (AvgIpc) is 2.58. The summed E-state index contributed by atoms with van der Waals surface area (Å²) in [5.41, 5.74) is 0.0836. The van der Waals surface area contributed by atoms with Crippen molar-refractivity contribution in [1.82, 2.24) is 5.06 Å². The number of halogens is 2. The molecular weight excluding hydrogens is 284 g/mol. The third-order valence-electron chi connectivity index (χ3n) is 5.71. The van der Waals surface area contributed by atoms with E-state index in [-0.39, 0.29) is 11.0 Å². The first-order valence-electron chi connectivity index (χ1n) is 8.01. The maximum atomic E-state index is 14.3. The molecule has 2 aliphatic rings. The minimum atomic E-state index is -0.518. The normalized spacial score (nSPS) is 38.0. The van der Waals surface area contributed by atoms with Gasteiger partial charge < -0.3 is 0 Å². The molecule has 4 atom stereocenters. The molecule has 2 fully saturated rings. The Morgan fingerprint density at radius 1 is 1.18 bits per heavy atom. The molecule has 3 rings (SSSR count). The van der Waals surface area contributed by atoms with Gasteiger partial charge in [-0.3, -0.25) is 4.84 Å². The molecule has 0 unspecified atom stereocenters. The molecule has 0 aromatic heterocycles. The first kappa shape index (κ1) is 15.9. The van der Waals surface area contributed by atoms with E-state index >= 15 is 0 Å². The van der Waals surface area contributed by atoms with Gasteiger partial charge in [0.15, 0.2) is 0 Å². The quantitative estimate of drug-likeness (QED) is 0.767. The largest absolute Gasteiger partial charge is 0.293 e. The van der Waals surface area contributed by atoms with Crippen molar-refractivity contribution < 1.29 is 13.6 Å². The third-order valence-corrected chi connectivity index (χ3v) is 5.71. The topological polar surface area (TPSA) is 12.5 Å². The molecule has 1 saturated heterocycles. The molecule has 122 valence electrons. The summed E-state index contributed by atoms with van der Waals surface area (Å²) in [6.07, 6.45) is 1.72. The Morgan fingerprint density at radius 2 is 1.86 bits per heavy atom. The van der Waals surface area contributed by atoms with Crippen LogP contribution < -0.4 is 0 Å². The van der Waals surface area contributed by atoms with E-state index in [1.807, 2.05) is 12.1 Å². The molecular formula is C18H25F2NO. The Labute approximate surface area is 131 Å². The van der Waals surface area contributed by atoms with Crippen LogP contribution in [0.2, 0.25) is 0 Å². The summed E-state index contributed by atoms with van der Waals surface area (Å²) in [6, 6.07) is 4.33. The molecule has 1 aliphatic carbocycles. The van der Waals surface area contributed by atoms with Gasteiger partial charge >= 0.3 is 0 Å². The van der Waals surface area contributed by atoms with Crippen LogP contribution in [-0.4, -0.2) is 23.8 Å². The minimum absolute atomic E-state index is 0.258. The van der Waals surface area contributed by atoms with E-state index in [9.17, 15) is 8.78 Å². The lowest BCUT2D eigenvalue weighted by molar-refractivity contribution is -0.182. The summed E-state index contributed by atoms with van der Waals surface area (Å²) >= 11 is 0. The summed E-state index contributed by atoms with van der Waals surface area (Å²) in [6.45, 7) is 8.52. The van der Waals surface area contributed by atoms with Gasteiger partial charge in [0.2, 0.25) is 0 Å². The fourth-order valence-corrected chi connectivity index (χ4v) is 4.88. The number of hydrogen-bond donors (Lipinski definition) is 0. The van der Waals surface area contributed by atoms with Gasteiger partial charge in [-0.2, -0.15) is 5.06 Å². The van der Waals surface area contributed by atoms with E-state index in [0.29, 0.717) is 23.4 Å². The number of nitrogens with zero attached hydrogens (tertiary/aromatic N) is 1. The lowest BCUT2D eigenvalue weighted by Gasteiger charge is -2.46. The van der Waals surface area contributed by atoms with Gasteiger partial charge in [0.05, 0.1) is 5.60 Å². The minimum Gasteiger partial charge on any atom is -0.293 e. The van der Waals surface area contributed by atoms with Gasteiger partial charge in [-0.25, -0.2) is 8.78 Å². The van der Waals surface area contributed by atoms with Crippen LogP contribution >= 0.6 is 0 Å². The molecule has 1 heterocycles. The maximum absolute atomic E-state index is 14.3. The number of rotatable bonds is 1. The van der Waals surface area contributed by atoms with Crippen molar-refractivity contribution in [2.75, 3.05) is 7.05 Å². The van der Waals surface area contributed by atoms with Crippen LogP contribution in [0.25, 0.3) is 0 Å². The van der Waals surface area contributed by atoms with E-state index < -0.39 is 11.6 Å². The molecule has 1 aromatic carbocycles. The van der Waals surface area contributed by atoms with E-state index in [2.05, 4.69) is 27.7 Å². The monoisotopic (exact) mass is 309 g/mol. The molecule has 0 amide bonds. The number of benzene rings is 1. The summed E-state index contributed by atoms with van der Waals surface area (Å²) in [7, 11) is 1.99. The van der Waals surface area contributed by atoms with Crippen molar-refractivity contribution in [3.63, 3.8) is 0 Å². The Balaban J connectivity index is 1.99. The smallest absolute Gasteiger partial charge is 0.129 e. The fourth-order valence-electron chi connectivity index (χ4n) is 4.88.